The third-order valence-electron chi connectivity index (χ3n) is 5.56. The lowest BCUT2D eigenvalue weighted by Gasteiger charge is -2.28. The van der Waals surface area contributed by atoms with Gasteiger partial charge in [0.05, 0.1) is 37.1 Å². The fourth-order valence-electron chi connectivity index (χ4n) is 3.82. The highest BCUT2D eigenvalue weighted by molar-refractivity contribution is 5.92. The van der Waals surface area contributed by atoms with E-state index in [9.17, 15) is 14.4 Å². The van der Waals surface area contributed by atoms with E-state index in [0.29, 0.717) is 54.3 Å². The van der Waals surface area contributed by atoms with Crippen LogP contribution in [-0.4, -0.2) is 47.1 Å². The normalized spacial score (nSPS) is 12.6. The Hall–Kier alpha value is -4.14. The molecule has 34 heavy (non-hydrogen) atoms. The summed E-state index contributed by atoms with van der Waals surface area (Å²) < 4.78 is 10.2. The molecular weight excluding hydrogens is 436 g/mol. The van der Waals surface area contributed by atoms with Gasteiger partial charge in [-0.05, 0) is 48.9 Å². The zero-order valence-corrected chi connectivity index (χ0v) is 19.1. The number of urea groups is 1. The van der Waals surface area contributed by atoms with Crippen LogP contribution in [0.25, 0.3) is 0 Å². The van der Waals surface area contributed by atoms with Gasteiger partial charge in [-0.3, -0.25) is 4.79 Å². The predicted octanol–water partition coefficient (Wildman–Crippen LogP) is 3.14. The van der Waals surface area contributed by atoms with Crippen molar-refractivity contribution in [1.82, 2.24) is 14.9 Å². The van der Waals surface area contributed by atoms with E-state index in [1.165, 1.54) is 0 Å². The summed E-state index contributed by atoms with van der Waals surface area (Å²) in [5, 5.41) is 2.81. The molecule has 0 bridgehead atoms. The molecule has 0 saturated heterocycles. The van der Waals surface area contributed by atoms with Crippen molar-refractivity contribution >= 4 is 17.7 Å². The topological polar surface area (TPSA) is 114 Å². The van der Waals surface area contributed by atoms with Crippen molar-refractivity contribution in [3.05, 3.63) is 87.1 Å². The number of nitrogens with one attached hydrogen (secondary N) is 2. The Morgan fingerprint density at radius 3 is 2.71 bits per heavy atom. The first kappa shape index (κ1) is 23.0. The molecule has 0 fully saturated rings. The zero-order chi connectivity index (χ0) is 24.1. The highest BCUT2D eigenvalue weighted by Gasteiger charge is 2.24. The van der Waals surface area contributed by atoms with Crippen molar-refractivity contribution in [1.29, 1.82) is 0 Å². The quantitative estimate of drug-likeness (QED) is 0.544. The Labute approximate surface area is 196 Å². The molecule has 2 N–H and O–H groups in total. The second-order valence-corrected chi connectivity index (χ2v) is 7.87. The smallest absolute Gasteiger partial charge is 0.338 e. The van der Waals surface area contributed by atoms with E-state index < -0.39 is 5.97 Å². The number of carbonyl (C=O) groups excluding carboxylic acids is 2. The molecular formula is C25H26N4O5. The van der Waals surface area contributed by atoms with Gasteiger partial charge in [0.1, 0.15) is 11.6 Å². The number of hydrogen-bond acceptors (Lipinski definition) is 6. The first-order valence-corrected chi connectivity index (χ1v) is 11.0. The summed E-state index contributed by atoms with van der Waals surface area (Å²) in [4.78, 5) is 46.3. The number of rotatable bonds is 6. The maximum atomic E-state index is 12.8. The molecule has 0 spiro atoms. The van der Waals surface area contributed by atoms with E-state index >= 15 is 0 Å². The molecule has 2 heterocycles. The highest BCUT2D eigenvalue weighted by atomic mass is 16.5. The molecule has 1 aliphatic rings. The van der Waals surface area contributed by atoms with Crippen LogP contribution < -0.4 is 15.6 Å². The SMILES string of the molecule is CCOC(=O)c1ccc(NC(=O)N2CCc3nc(Cc4cccc(OC)c4)[nH]c(=O)c3C2)cc1. The number of anilines is 1. The lowest BCUT2D eigenvalue weighted by atomic mass is 10.1. The van der Waals surface area contributed by atoms with Crippen LogP contribution in [0.3, 0.4) is 0 Å². The van der Waals surface area contributed by atoms with Crippen LogP contribution in [0.4, 0.5) is 10.5 Å². The van der Waals surface area contributed by atoms with E-state index in [0.717, 1.165) is 11.3 Å². The van der Waals surface area contributed by atoms with Gasteiger partial charge in [0.2, 0.25) is 0 Å². The minimum atomic E-state index is -0.412. The van der Waals surface area contributed by atoms with E-state index in [1.807, 2.05) is 24.3 Å². The fourth-order valence-corrected chi connectivity index (χ4v) is 3.82. The standard InChI is InChI=1S/C25H26N4O5/c1-3-34-24(31)17-7-9-18(10-8-17)26-25(32)29-12-11-21-20(15-29)23(30)28-22(27-21)14-16-5-4-6-19(13-16)33-2/h4-10,13H,3,11-12,14-15H2,1-2H3,(H,26,32)(H,27,28,30). The molecule has 1 aromatic heterocycles. The molecule has 1 aliphatic heterocycles. The van der Waals surface area contributed by atoms with Gasteiger partial charge in [-0.1, -0.05) is 12.1 Å². The lowest BCUT2D eigenvalue weighted by molar-refractivity contribution is 0.0526. The molecule has 0 saturated carbocycles. The van der Waals surface area contributed by atoms with Crippen LogP contribution in [0.2, 0.25) is 0 Å². The number of carbonyl (C=O) groups is 2. The molecule has 0 unspecified atom stereocenters. The number of esters is 1. The van der Waals surface area contributed by atoms with E-state index in [4.69, 9.17) is 9.47 Å². The Morgan fingerprint density at radius 1 is 1.18 bits per heavy atom. The van der Waals surface area contributed by atoms with Crippen LogP contribution in [0.15, 0.2) is 53.3 Å². The van der Waals surface area contributed by atoms with Crippen LogP contribution in [0, 0.1) is 0 Å². The van der Waals surface area contributed by atoms with Gasteiger partial charge in [-0.2, -0.15) is 0 Å². The minimum absolute atomic E-state index is 0.170. The second kappa shape index (κ2) is 10.2. The van der Waals surface area contributed by atoms with Gasteiger partial charge in [-0.15, -0.1) is 0 Å². The predicted molar refractivity (Wildman–Crippen MR) is 126 cm³/mol. The van der Waals surface area contributed by atoms with Gasteiger partial charge in [-0.25, -0.2) is 14.6 Å². The van der Waals surface area contributed by atoms with Gasteiger partial charge >= 0.3 is 12.0 Å². The van der Waals surface area contributed by atoms with Crippen molar-refractivity contribution in [2.75, 3.05) is 25.6 Å². The van der Waals surface area contributed by atoms with Gasteiger partial charge in [0.15, 0.2) is 0 Å². The number of aromatic amines is 1. The van der Waals surface area contributed by atoms with E-state index in [-0.39, 0.29) is 18.1 Å². The molecule has 0 aliphatic carbocycles. The second-order valence-electron chi connectivity index (χ2n) is 7.87. The maximum absolute atomic E-state index is 12.8. The molecule has 3 aromatic rings. The van der Waals surface area contributed by atoms with Gasteiger partial charge in [0.25, 0.3) is 5.56 Å². The number of benzene rings is 2. The Kier molecular flexibility index (Phi) is 6.91. The third-order valence-corrected chi connectivity index (χ3v) is 5.56. The summed E-state index contributed by atoms with van der Waals surface area (Å²) in [6.45, 7) is 2.65. The Balaban J connectivity index is 1.42. The number of H-pyrrole nitrogens is 1. The summed E-state index contributed by atoms with van der Waals surface area (Å²) in [6.07, 6.45) is 0.964. The summed E-state index contributed by atoms with van der Waals surface area (Å²) in [6, 6.07) is 13.8. The first-order valence-electron chi connectivity index (χ1n) is 11.0. The number of nitrogens with zero attached hydrogens (tertiary/aromatic N) is 2. The summed E-state index contributed by atoms with van der Waals surface area (Å²) in [5.41, 5.74) is 2.91. The number of methoxy groups -OCH3 is 1. The third kappa shape index (κ3) is 5.25. The highest BCUT2D eigenvalue weighted by Crippen LogP contribution is 2.18. The number of aromatic nitrogens is 2. The zero-order valence-electron chi connectivity index (χ0n) is 19.1. The van der Waals surface area contributed by atoms with Crippen molar-refractivity contribution < 1.29 is 19.1 Å². The Morgan fingerprint density at radius 2 is 1.97 bits per heavy atom. The maximum Gasteiger partial charge on any atom is 0.338 e. The average Bonchev–Trinajstić information content (AvgIpc) is 2.84. The largest absolute Gasteiger partial charge is 0.497 e. The molecule has 176 valence electrons. The molecule has 4 rings (SSSR count). The molecule has 0 atom stereocenters. The summed E-state index contributed by atoms with van der Waals surface area (Å²) in [7, 11) is 1.61. The van der Waals surface area contributed by atoms with Crippen molar-refractivity contribution in [2.24, 2.45) is 0 Å². The minimum Gasteiger partial charge on any atom is -0.497 e. The Bertz CT molecular complexity index is 1250. The number of hydrogen-bond donors (Lipinski definition) is 2. The molecule has 9 nitrogen and oxygen atoms in total. The lowest BCUT2D eigenvalue weighted by Crippen LogP contribution is -2.42. The molecule has 2 amide bonds. The van der Waals surface area contributed by atoms with Crippen molar-refractivity contribution in [2.45, 2.75) is 26.3 Å². The van der Waals surface area contributed by atoms with E-state index in [1.54, 1.807) is 43.2 Å². The number of fused-ring (bicyclic) bond motifs is 1. The first-order chi connectivity index (χ1) is 16.5. The molecule has 0 radical (unpaired) electrons. The monoisotopic (exact) mass is 462 g/mol. The fraction of sp³-hybridized carbons (Fsp3) is 0.280. The van der Waals surface area contributed by atoms with Gasteiger partial charge in [0, 0.05) is 25.1 Å². The van der Waals surface area contributed by atoms with Crippen LogP contribution in [0.1, 0.15) is 39.9 Å². The van der Waals surface area contributed by atoms with Crippen LogP contribution >= 0.6 is 0 Å². The number of ether oxygens (including phenoxy) is 2. The summed E-state index contributed by atoms with van der Waals surface area (Å²) >= 11 is 0. The van der Waals surface area contributed by atoms with Crippen LogP contribution in [-0.2, 0) is 24.1 Å². The molecule has 2 aromatic carbocycles. The van der Waals surface area contributed by atoms with Crippen molar-refractivity contribution in [3.63, 3.8) is 0 Å². The number of amides is 2. The van der Waals surface area contributed by atoms with Crippen LogP contribution in [0.5, 0.6) is 5.75 Å². The van der Waals surface area contributed by atoms with E-state index in [2.05, 4.69) is 15.3 Å². The van der Waals surface area contributed by atoms with Crippen molar-refractivity contribution in [3.8, 4) is 5.75 Å². The average molecular weight is 463 g/mol. The molecule has 9 heteroatoms. The van der Waals surface area contributed by atoms with Gasteiger partial charge < -0.3 is 24.7 Å². The summed E-state index contributed by atoms with van der Waals surface area (Å²) in [5.74, 6) is 0.914.